The van der Waals surface area contributed by atoms with E-state index in [1.54, 1.807) is 36.4 Å². The molecule has 0 spiro atoms. The van der Waals surface area contributed by atoms with E-state index >= 15 is 0 Å². The number of nitrogens with two attached hydrogens (primary N) is 1. The van der Waals surface area contributed by atoms with Crippen LogP contribution >= 0.6 is 0 Å². The van der Waals surface area contributed by atoms with E-state index in [1.165, 1.54) is 24.3 Å². The first-order chi connectivity index (χ1) is 14.5. The second-order valence-electron chi connectivity index (χ2n) is 6.89. The van der Waals surface area contributed by atoms with Crippen LogP contribution in [0.1, 0.15) is 16.7 Å². The van der Waals surface area contributed by atoms with Crippen molar-refractivity contribution in [2.45, 2.75) is 19.2 Å². The van der Waals surface area contributed by atoms with E-state index in [1.807, 2.05) is 0 Å². The third-order valence-electron chi connectivity index (χ3n) is 4.74. The fourth-order valence-electron chi connectivity index (χ4n) is 3.10. The average Bonchev–Trinajstić information content (AvgIpc) is 3.20. The van der Waals surface area contributed by atoms with Crippen molar-refractivity contribution >= 4 is 17.3 Å². The average molecular weight is 410 g/mol. The molecule has 0 saturated heterocycles. The third-order valence-corrected chi connectivity index (χ3v) is 4.74. The van der Waals surface area contributed by atoms with E-state index in [0.717, 1.165) is 11.1 Å². The lowest BCUT2D eigenvalue weighted by molar-refractivity contribution is 0.187. The molecule has 154 valence electrons. The first-order valence-corrected chi connectivity index (χ1v) is 9.34. The predicted octanol–water partition coefficient (Wildman–Crippen LogP) is 3.71. The van der Waals surface area contributed by atoms with Gasteiger partial charge in [0, 0.05) is 13.0 Å². The van der Waals surface area contributed by atoms with Crippen LogP contribution < -0.4 is 16.5 Å². The molecule has 4 rings (SSSR count). The number of halogens is 2. The monoisotopic (exact) mass is 410 g/mol. The zero-order chi connectivity index (χ0) is 21.1. The van der Waals surface area contributed by atoms with Crippen molar-refractivity contribution in [3.8, 4) is 5.75 Å². The molecule has 0 amide bonds. The van der Waals surface area contributed by atoms with Gasteiger partial charge in [-0.15, -0.1) is 5.10 Å². The van der Waals surface area contributed by atoms with E-state index in [0.29, 0.717) is 24.2 Å². The molecule has 3 aromatic rings. The highest BCUT2D eigenvalue weighted by Gasteiger charge is 2.24. The highest BCUT2D eigenvalue weighted by molar-refractivity contribution is 6.00. The maximum absolute atomic E-state index is 13.0. The summed E-state index contributed by atoms with van der Waals surface area (Å²) < 4.78 is 31.8. The van der Waals surface area contributed by atoms with Gasteiger partial charge in [0.1, 0.15) is 11.6 Å². The summed E-state index contributed by atoms with van der Waals surface area (Å²) >= 11 is 0. The summed E-state index contributed by atoms with van der Waals surface area (Å²) in [4.78, 5) is 0. The van der Waals surface area contributed by atoms with Crippen molar-refractivity contribution in [3.63, 3.8) is 0 Å². The van der Waals surface area contributed by atoms with Gasteiger partial charge in [-0.05, 0) is 47.5 Å². The highest BCUT2D eigenvalue weighted by atomic mass is 19.1. The summed E-state index contributed by atoms with van der Waals surface area (Å²) in [7, 11) is 0. The van der Waals surface area contributed by atoms with Crippen LogP contribution in [0.4, 0.5) is 20.2 Å². The maximum Gasteiger partial charge on any atom is 0.243 e. The standard InChI is InChI=1S/C22H20F2N4O2/c23-15-5-1-13(2-6-15)11-19-27-28-22(30-19)17-9-10-18(20(25)21(17)29)26-12-14-3-7-16(24)8-4-14/h1-10,19,26-27,29H,11-12,25H2. The van der Waals surface area contributed by atoms with Gasteiger partial charge in [-0.25, -0.2) is 8.78 Å². The van der Waals surface area contributed by atoms with E-state index < -0.39 is 6.23 Å². The van der Waals surface area contributed by atoms with Gasteiger partial charge in [0.15, 0.2) is 12.0 Å². The fraction of sp³-hybridized carbons (Fsp3) is 0.136. The summed E-state index contributed by atoms with van der Waals surface area (Å²) in [6, 6.07) is 15.6. The Hall–Kier alpha value is -3.81. The number of nitrogens with one attached hydrogen (secondary N) is 2. The number of nitrogen functional groups attached to an aromatic ring is 1. The summed E-state index contributed by atoms with van der Waals surface area (Å²) in [6.07, 6.45) is 0.0308. The van der Waals surface area contributed by atoms with Crippen LogP contribution in [0, 0.1) is 11.6 Å². The number of rotatable bonds is 6. The molecule has 0 radical (unpaired) electrons. The lowest BCUT2D eigenvalue weighted by Crippen LogP contribution is -2.24. The van der Waals surface area contributed by atoms with Gasteiger partial charge in [-0.1, -0.05) is 24.3 Å². The van der Waals surface area contributed by atoms with E-state index in [9.17, 15) is 13.9 Å². The fourth-order valence-corrected chi connectivity index (χ4v) is 3.10. The SMILES string of the molecule is Nc1c(NCc2ccc(F)cc2)ccc(C2=NNC(Cc3ccc(F)cc3)O2)c1O. The normalized spacial score (nSPS) is 15.3. The number of hydrazone groups is 1. The van der Waals surface area contributed by atoms with Crippen LogP contribution in [0.2, 0.25) is 0 Å². The van der Waals surface area contributed by atoms with Crippen LogP contribution in [0.3, 0.4) is 0 Å². The molecule has 0 saturated carbocycles. The third kappa shape index (κ3) is 4.27. The summed E-state index contributed by atoms with van der Waals surface area (Å²) in [5.74, 6) is -0.535. The molecular formula is C22H20F2N4O2. The number of hydrogen-bond acceptors (Lipinski definition) is 6. The van der Waals surface area contributed by atoms with E-state index in [4.69, 9.17) is 10.5 Å². The summed E-state index contributed by atoms with van der Waals surface area (Å²) in [5.41, 5.74) is 11.7. The first kappa shape index (κ1) is 19.5. The van der Waals surface area contributed by atoms with Crippen molar-refractivity contribution in [3.05, 3.63) is 89.0 Å². The molecule has 1 atom stereocenters. The number of anilines is 2. The van der Waals surface area contributed by atoms with Gasteiger partial charge in [0.2, 0.25) is 5.90 Å². The number of hydrogen-bond donors (Lipinski definition) is 4. The number of benzene rings is 3. The Morgan fingerprint density at radius 1 is 0.967 bits per heavy atom. The van der Waals surface area contributed by atoms with Crippen molar-refractivity contribution < 1.29 is 18.6 Å². The topological polar surface area (TPSA) is 91.9 Å². The van der Waals surface area contributed by atoms with Crippen LogP contribution in [-0.4, -0.2) is 17.2 Å². The van der Waals surface area contributed by atoms with Crippen molar-refractivity contribution in [2.24, 2.45) is 5.10 Å². The molecule has 6 nitrogen and oxygen atoms in total. The Balaban J connectivity index is 1.41. The van der Waals surface area contributed by atoms with E-state index in [2.05, 4.69) is 15.8 Å². The molecular weight excluding hydrogens is 390 g/mol. The molecule has 1 unspecified atom stereocenters. The second kappa shape index (κ2) is 8.28. The van der Waals surface area contributed by atoms with Crippen molar-refractivity contribution in [2.75, 3.05) is 11.1 Å². The molecule has 0 bridgehead atoms. The van der Waals surface area contributed by atoms with Crippen molar-refractivity contribution in [1.82, 2.24) is 5.43 Å². The Bertz CT molecular complexity index is 1070. The van der Waals surface area contributed by atoms with Crippen LogP contribution in [0.5, 0.6) is 5.75 Å². The van der Waals surface area contributed by atoms with Crippen LogP contribution in [0.15, 0.2) is 65.8 Å². The molecule has 0 aliphatic carbocycles. The molecule has 8 heteroatoms. The first-order valence-electron chi connectivity index (χ1n) is 9.34. The second-order valence-corrected chi connectivity index (χ2v) is 6.89. The predicted molar refractivity (Wildman–Crippen MR) is 111 cm³/mol. The molecule has 1 aliphatic rings. The molecule has 0 fully saturated rings. The molecule has 1 heterocycles. The summed E-state index contributed by atoms with van der Waals surface area (Å²) in [6.45, 7) is 0.419. The Morgan fingerprint density at radius 3 is 2.27 bits per heavy atom. The van der Waals surface area contributed by atoms with Crippen LogP contribution in [-0.2, 0) is 17.7 Å². The minimum atomic E-state index is -0.442. The minimum Gasteiger partial charge on any atom is -0.505 e. The van der Waals surface area contributed by atoms with Gasteiger partial charge in [-0.3, -0.25) is 5.43 Å². The summed E-state index contributed by atoms with van der Waals surface area (Å²) in [5, 5.41) is 17.8. The van der Waals surface area contributed by atoms with Gasteiger partial charge in [0.25, 0.3) is 0 Å². The highest BCUT2D eigenvalue weighted by Crippen LogP contribution is 2.34. The van der Waals surface area contributed by atoms with Gasteiger partial charge in [0.05, 0.1) is 16.9 Å². The number of ether oxygens (including phenoxy) is 1. The Morgan fingerprint density at radius 2 is 1.60 bits per heavy atom. The van der Waals surface area contributed by atoms with Gasteiger partial charge in [-0.2, -0.15) is 0 Å². The zero-order valence-corrected chi connectivity index (χ0v) is 15.9. The zero-order valence-electron chi connectivity index (χ0n) is 15.9. The number of phenols is 1. The molecule has 0 aromatic heterocycles. The minimum absolute atomic E-state index is 0.151. The Kier molecular flexibility index (Phi) is 5.38. The quantitative estimate of drug-likeness (QED) is 0.367. The maximum atomic E-state index is 13.0. The van der Waals surface area contributed by atoms with Crippen LogP contribution in [0.25, 0.3) is 0 Å². The molecule has 1 aliphatic heterocycles. The Labute approximate surface area is 172 Å². The van der Waals surface area contributed by atoms with Crippen molar-refractivity contribution in [1.29, 1.82) is 0 Å². The van der Waals surface area contributed by atoms with E-state index in [-0.39, 0.29) is 29.0 Å². The molecule has 5 N–H and O–H groups in total. The lowest BCUT2D eigenvalue weighted by Gasteiger charge is -2.15. The number of phenolic OH excluding ortho intramolecular Hbond substituents is 1. The largest absolute Gasteiger partial charge is 0.505 e. The number of nitrogens with zero attached hydrogens (tertiary/aromatic N) is 1. The molecule has 30 heavy (non-hydrogen) atoms. The smallest absolute Gasteiger partial charge is 0.243 e. The molecule has 3 aromatic carbocycles. The lowest BCUT2D eigenvalue weighted by atomic mass is 10.1. The number of aromatic hydroxyl groups is 1. The van der Waals surface area contributed by atoms with Gasteiger partial charge >= 0.3 is 0 Å². The van der Waals surface area contributed by atoms with Gasteiger partial charge < -0.3 is 20.9 Å².